The Hall–Kier alpha value is -8.25. The molecule has 3 aromatic rings. The molecule has 218 valence electrons. The SMILES string of the molecule is N#CC(C#N)=C1C(c2cc(C#N)c(F)cc2F)=C(C#N)c2c1cc1c(c2C#N)C(=C(C#N)C#N)C(c2cc(C#N)c(F)cc2F)=C1C#N. The van der Waals surface area contributed by atoms with Crippen LogP contribution in [0.15, 0.2) is 41.5 Å². The summed E-state index contributed by atoms with van der Waals surface area (Å²) in [7, 11) is 0. The summed E-state index contributed by atoms with van der Waals surface area (Å²) in [6.45, 7) is 0. The largest absolute Gasteiger partial charge is 0.206 e. The van der Waals surface area contributed by atoms with E-state index in [0.29, 0.717) is 12.1 Å². The van der Waals surface area contributed by atoms with Crippen LogP contribution in [0.1, 0.15) is 50.1 Å². The van der Waals surface area contributed by atoms with Gasteiger partial charge < -0.3 is 0 Å². The first-order valence-corrected chi connectivity index (χ1v) is 12.9. The predicted octanol–water partition coefficient (Wildman–Crippen LogP) is 6.36. The lowest BCUT2D eigenvalue weighted by Gasteiger charge is -2.14. The second-order valence-corrected chi connectivity index (χ2v) is 9.73. The van der Waals surface area contributed by atoms with E-state index in [0.717, 1.165) is 18.2 Å². The van der Waals surface area contributed by atoms with Crippen LogP contribution >= 0.6 is 0 Å². The zero-order chi connectivity index (χ0) is 35.0. The summed E-state index contributed by atoms with van der Waals surface area (Å²) in [4.78, 5) is 0. The second-order valence-electron chi connectivity index (χ2n) is 9.73. The fraction of sp³-hybridized carbons (Fsp3) is 0. The lowest BCUT2D eigenvalue weighted by Crippen LogP contribution is -2.01. The van der Waals surface area contributed by atoms with Crippen LogP contribution in [-0.2, 0) is 0 Å². The number of fused-ring (bicyclic) bond motifs is 2. The number of nitrogens with zero attached hydrogens (tertiary/aromatic N) is 9. The van der Waals surface area contributed by atoms with Crippen LogP contribution in [-0.4, -0.2) is 0 Å². The van der Waals surface area contributed by atoms with Gasteiger partial charge in [-0.15, -0.1) is 0 Å². The number of hydrogen-bond acceptors (Lipinski definition) is 9. The third kappa shape index (κ3) is 4.23. The molecule has 0 unspecified atom stereocenters. The molecule has 0 spiro atoms. The number of allylic oxidation sites excluding steroid dienone is 8. The first-order valence-electron chi connectivity index (χ1n) is 12.9. The van der Waals surface area contributed by atoms with Gasteiger partial charge in [-0.3, -0.25) is 0 Å². The maximum atomic E-state index is 15.4. The zero-order valence-electron chi connectivity index (χ0n) is 23.4. The highest BCUT2D eigenvalue weighted by Gasteiger charge is 2.41. The van der Waals surface area contributed by atoms with Gasteiger partial charge in [-0.05, 0) is 23.8 Å². The highest BCUT2D eigenvalue weighted by atomic mass is 19.1. The molecule has 0 atom stereocenters. The van der Waals surface area contributed by atoms with Gasteiger partial charge in [-0.1, -0.05) is 0 Å². The molecule has 9 nitrogen and oxygen atoms in total. The Morgan fingerprint density at radius 3 is 1.29 bits per heavy atom. The number of hydrogen-bond donors (Lipinski definition) is 0. The molecule has 0 aliphatic heterocycles. The Balaban J connectivity index is 2.06. The van der Waals surface area contributed by atoms with E-state index in [1.807, 2.05) is 6.07 Å². The van der Waals surface area contributed by atoms with Gasteiger partial charge in [0.2, 0.25) is 0 Å². The van der Waals surface area contributed by atoms with Gasteiger partial charge in [0.25, 0.3) is 0 Å². The first-order chi connectivity index (χ1) is 23.1. The molecular formula is C35H5F4N9. The van der Waals surface area contributed by atoms with Gasteiger partial charge in [-0.25, -0.2) is 17.6 Å². The molecular weight excluding hydrogens is 622 g/mol. The average Bonchev–Trinajstić information content (AvgIpc) is 3.57. The molecule has 0 radical (unpaired) electrons. The lowest BCUT2D eigenvalue weighted by molar-refractivity contribution is 0.578. The molecule has 3 aromatic carbocycles. The topological polar surface area (TPSA) is 214 Å². The Morgan fingerprint density at radius 2 is 0.875 bits per heavy atom. The van der Waals surface area contributed by atoms with Crippen LogP contribution in [0.3, 0.4) is 0 Å². The summed E-state index contributed by atoms with van der Waals surface area (Å²) in [6.07, 6.45) is 0. The quantitative estimate of drug-likeness (QED) is 0.228. The summed E-state index contributed by atoms with van der Waals surface area (Å²) in [5, 5.41) is 89.7. The van der Waals surface area contributed by atoms with Crippen LogP contribution < -0.4 is 0 Å². The first kappa shape index (κ1) is 31.2. The van der Waals surface area contributed by atoms with Crippen molar-refractivity contribution < 1.29 is 17.6 Å². The van der Waals surface area contributed by atoms with Gasteiger partial charge in [-0.2, -0.15) is 47.4 Å². The van der Waals surface area contributed by atoms with E-state index in [1.165, 1.54) is 12.1 Å². The molecule has 2 aliphatic rings. The van der Waals surface area contributed by atoms with E-state index in [1.54, 1.807) is 36.4 Å². The Morgan fingerprint density at radius 1 is 0.417 bits per heavy atom. The minimum atomic E-state index is -1.31. The lowest BCUT2D eigenvalue weighted by atomic mass is 9.86. The van der Waals surface area contributed by atoms with Crippen molar-refractivity contribution in [3.63, 3.8) is 0 Å². The van der Waals surface area contributed by atoms with Gasteiger partial charge in [0.05, 0.1) is 27.8 Å². The van der Waals surface area contributed by atoms with E-state index >= 15 is 8.78 Å². The fourth-order valence-electron chi connectivity index (χ4n) is 5.68. The Labute approximate surface area is 267 Å². The van der Waals surface area contributed by atoms with Crippen molar-refractivity contribution in [2.45, 2.75) is 0 Å². The van der Waals surface area contributed by atoms with Gasteiger partial charge >= 0.3 is 0 Å². The zero-order valence-corrected chi connectivity index (χ0v) is 23.4. The standard InChI is InChI=1S/C35H5F4N9/c36-26-4-28(38)20(1-15(26)6-40)34-23(12-46)19-3-22-30(17(8-42)9-43)35(21-2-16(7-41)27(37)5-29(21)39)25(14-48)32(22)24(13-47)33(19)31(34)18(10-44)11-45/h1-5H. The van der Waals surface area contributed by atoms with Crippen molar-refractivity contribution in [2.24, 2.45) is 0 Å². The van der Waals surface area contributed by atoms with E-state index in [4.69, 9.17) is 0 Å². The van der Waals surface area contributed by atoms with Crippen molar-refractivity contribution in [1.82, 2.24) is 0 Å². The Kier molecular flexibility index (Phi) is 7.59. The van der Waals surface area contributed by atoms with Crippen LogP contribution in [0.5, 0.6) is 0 Å². The molecule has 0 saturated carbocycles. The van der Waals surface area contributed by atoms with E-state index in [9.17, 15) is 56.1 Å². The van der Waals surface area contributed by atoms with Gasteiger partial charge in [0.15, 0.2) is 0 Å². The second kappa shape index (κ2) is 11.7. The number of halogens is 4. The van der Waals surface area contributed by atoms with E-state index in [2.05, 4.69) is 0 Å². The van der Waals surface area contributed by atoms with Crippen LogP contribution in [0.25, 0.3) is 33.4 Å². The van der Waals surface area contributed by atoms with Crippen molar-refractivity contribution in [3.05, 3.63) is 115 Å². The molecule has 0 heterocycles. The average molecular weight is 627 g/mol. The third-order valence-electron chi connectivity index (χ3n) is 7.54. The highest BCUT2D eigenvalue weighted by Crippen LogP contribution is 2.56. The summed E-state index contributed by atoms with van der Waals surface area (Å²) in [5.74, 6) is -5.12. The van der Waals surface area contributed by atoms with Crippen molar-refractivity contribution in [2.75, 3.05) is 0 Å². The van der Waals surface area contributed by atoms with Crippen molar-refractivity contribution >= 4 is 33.4 Å². The molecule has 5 rings (SSSR count). The van der Waals surface area contributed by atoms with E-state index < -0.39 is 95.7 Å². The smallest absolute Gasteiger partial charge is 0.143 e. The molecule has 2 aliphatic carbocycles. The fourth-order valence-corrected chi connectivity index (χ4v) is 5.68. The van der Waals surface area contributed by atoms with Gasteiger partial charge in [0.1, 0.15) is 89.0 Å². The molecule has 0 saturated heterocycles. The number of rotatable bonds is 2. The van der Waals surface area contributed by atoms with Crippen molar-refractivity contribution in [1.29, 1.82) is 47.4 Å². The number of nitriles is 9. The summed E-state index contributed by atoms with van der Waals surface area (Å²) in [6, 6.07) is 18.2. The molecule has 0 aromatic heterocycles. The molecule has 0 fully saturated rings. The summed E-state index contributed by atoms with van der Waals surface area (Å²) < 4.78 is 59.4. The Bertz CT molecular complexity index is 2610. The number of benzene rings is 3. The molecule has 48 heavy (non-hydrogen) atoms. The maximum Gasteiger partial charge on any atom is 0.143 e. The molecule has 0 amide bonds. The van der Waals surface area contributed by atoms with Crippen LogP contribution in [0, 0.1) is 125 Å². The maximum absolute atomic E-state index is 15.4. The molecule has 13 heteroatoms. The van der Waals surface area contributed by atoms with E-state index in [-0.39, 0.29) is 22.3 Å². The predicted molar refractivity (Wildman–Crippen MR) is 154 cm³/mol. The van der Waals surface area contributed by atoms with Crippen molar-refractivity contribution in [3.8, 4) is 54.6 Å². The minimum absolute atomic E-state index is 0.252. The highest BCUT2D eigenvalue weighted by molar-refractivity contribution is 6.31. The molecule has 0 N–H and O–H groups in total. The summed E-state index contributed by atoms with van der Waals surface area (Å²) >= 11 is 0. The third-order valence-corrected chi connectivity index (χ3v) is 7.54. The monoisotopic (exact) mass is 627 g/mol. The summed E-state index contributed by atoms with van der Waals surface area (Å²) in [5.41, 5.74) is -8.65. The normalized spacial score (nSPS) is 12.1. The minimum Gasteiger partial charge on any atom is -0.206 e. The molecule has 0 bridgehead atoms. The van der Waals surface area contributed by atoms with Gasteiger partial charge in [0, 0.05) is 62.2 Å². The van der Waals surface area contributed by atoms with Crippen LogP contribution in [0.4, 0.5) is 17.6 Å². The van der Waals surface area contributed by atoms with Crippen LogP contribution in [0.2, 0.25) is 0 Å².